The third-order valence-electron chi connectivity index (χ3n) is 6.80. The molecule has 0 amide bonds. The fraction of sp³-hybridized carbons (Fsp3) is 0.667. The lowest BCUT2D eigenvalue weighted by Crippen LogP contribution is -2.39. The van der Waals surface area contributed by atoms with E-state index in [1.807, 2.05) is 0 Å². The zero-order valence-corrected chi connectivity index (χ0v) is 17.8. The quantitative estimate of drug-likeness (QED) is 0.613. The molecule has 0 radical (unpaired) electrons. The predicted molar refractivity (Wildman–Crippen MR) is 109 cm³/mol. The van der Waals surface area contributed by atoms with Crippen molar-refractivity contribution in [2.45, 2.75) is 77.2 Å². The summed E-state index contributed by atoms with van der Waals surface area (Å²) < 4.78 is 25.5. The first-order valence-corrected chi connectivity index (χ1v) is 10.9. The highest BCUT2D eigenvalue weighted by atomic mass is 19.1. The largest absolute Gasteiger partial charge is 0.460 e. The number of rotatable bonds is 6. The minimum Gasteiger partial charge on any atom is -0.460 e. The molecule has 0 heterocycles. The third kappa shape index (κ3) is 4.81. The van der Waals surface area contributed by atoms with E-state index in [-0.39, 0.29) is 6.10 Å². The summed E-state index contributed by atoms with van der Waals surface area (Å²) in [4.78, 5) is 25.4. The van der Waals surface area contributed by atoms with Gasteiger partial charge in [0.1, 0.15) is 11.9 Å². The van der Waals surface area contributed by atoms with Crippen LogP contribution in [-0.4, -0.2) is 24.6 Å². The molecule has 0 unspecified atom stereocenters. The van der Waals surface area contributed by atoms with Gasteiger partial charge in [0.15, 0.2) is 6.61 Å². The van der Waals surface area contributed by atoms with Crippen molar-refractivity contribution in [2.75, 3.05) is 6.61 Å². The van der Waals surface area contributed by atoms with Crippen molar-refractivity contribution in [3.05, 3.63) is 35.6 Å². The van der Waals surface area contributed by atoms with Crippen LogP contribution in [0.5, 0.6) is 0 Å². The third-order valence-corrected chi connectivity index (χ3v) is 6.80. The van der Waals surface area contributed by atoms with Crippen LogP contribution in [0.4, 0.5) is 4.39 Å². The van der Waals surface area contributed by atoms with Gasteiger partial charge >= 0.3 is 11.9 Å². The second-order valence-electron chi connectivity index (χ2n) is 9.20. The molecule has 0 N–H and O–H groups in total. The fourth-order valence-electron chi connectivity index (χ4n) is 5.13. The molecule has 0 spiro atoms. The van der Waals surface area contributed by atoms with Gasteiger partial charge in [-0.2, -0.15) is 0 Å². The Labute approximate surface area is 173 Å². The van der Waals surface area contributed by atoms with Crippen LogP contribution in [0.2, 0.25) is 0 Å². The topological polar surface area (TPSA) is 52.6 Å². The SMILES string of the molecule is CC(C)[C@H]1CC[C@@H](C)C[C@H]1OC(=O)COC(=O)C1(c2ccccc2F)CCCC1. The van der Waals surface area contributed by atoms with Gasteiger partial charge in [-0.3, -0.25) is 4.79 Å². The van der Waals surface area contributed by atoms with Gasteiger partial charge in [0, 0.05) is 5.56 Å². The van der Waals surface area contributed by atoms with Crippen LogP contribution in [0.25, 0.3) is 0 Å². The molecule has 3 atom stereocenters. The molecule has 1 aromatic carbocycles. The molecule has 29 heavy (non-hydrogen) atoms. The molecular weight excluding hydrogens is 371 g/mol. The molecule has 0 bridgehead atoms. The summed E-state index contributed by atoms with van der Waals surface area (Å²) in [5.41, 5.74) is -0.623. The van der Waals surface area contributed by atoms with Gasteiger partial charge in [-0.05, 0) is 49.5 Å². The van der Waals surface area contributed by atoms with Crippen LogP contribution in [0.3, 0.4) is 0 Å². The predicted octanol–water partition coefficient (Wildman–Crippen LogP) is 5.18. The summed E-state index contributed by atoms with van der Waals surface area (Å²) in [5.74, 6) is -0.131. The van der Waals surface area contributed by atoms with Crippen LogP contribution in [0.15, 0.2) is 24.3 Å². The summed E-state index contributed by atoms with van der Waals surface area (Å²) in [7, 11) is 0. The first-order chi connectivity index (χ1) is 13.8. The van der Waals surface area contributed by atoms with E-state index >= 15 is 0 Å². The van der Waals surface area contributed by atoms with Crippen LogP contribution in [-0.2, 0) is 24.5 Å². The van der Waals surface area contributed by atoms with Crippen molar-refractivity contribution in [1.29, 1.82) is 0 Å². The van der Waals surface area contributed by atoms with E-state index in [9.17, 15) is 14.0 Å². The van der Waals surface area contributed by atoms with Gasteiger partial charge in [-0.25, -0.2) is 9.18 Å². The van der Waals surface area contributed by atoms with Gasteiger partial charge in [0.2, 0.25) is 0 Å². The molecule has 1 aromatic rings. The Bertz CT molecular complexity index is 723. The van der Waals surface area contributed by atoms with E-state index in [4.69, 9.17) is 9.47 Å². The maximum absolute atomic E-state index is 14.4. The molecule has 2 aliphatic carbocycles. The van der Waals surface area contributed by atoms with E-state index in [0.29, 0.717) is 36.2 Å². The highest BCUT2D eigenvalue weighted by Gasteiger charge is 2.46. The van der Waals surface area contributed by atoms with Crippen LogP contribution in [0, 0.1) is 23.6 Å². The lowest BCUT2D eigenvalue weighted by Gasteiger charge is -2.36. The summed E-state index contributed by atoms with van der Waals surface area (Å²) >= 11 is 0. The van der Waals surface area contributed by atoms with Crippen molar-refractivity contribution in [1.82, 2.24) is 0 Å². The first kappa shape index (κ1) is 21.8. The summed E-state index contributed by atoms with van der Waals surface area (Å²) in [6, 6.07) is 6.36. The van der Waals surface area contributed by atoms with Gasteiger partial charge in [-0.15, -0.1) is 0 Å². The van der Waals surface area contributed by atoms with Crippen LogP contribution < -0.4 is 0 Å². The number of halogens is 1. The lowest BCUT2D eigenvalue weighted by atomic mass is 9.75. The minimum absolute atomic E-state index is 0.128. The van der Waals surface area contributed by atoms with E-state index in [2.05, 4.69) is 20.8 Å². The number of ether oxygens (including phenoxy) is 2. The molecule has 2 aliphatic rings. The van der Waals surface area contributed by atoms with Crippen molar-refractivity contribution in [3.8, 4) is 0 Å². The molecule has 4 nitrogen and oxygen atoms in total. The Morgan fingerprint density at radius 2 is 1.86 bits per heavy atom. The van der Waals surface area contributed by atoms with Gasteiger partial charge in [-0.1, -0.05) is 58.2 Å². The number of carbonyl (C=O) groups is 2. The average Bonchev–Trinajstić information content (AvgIpc) is 3.17. The molecule has 2 fully saturated rings. The number of carbonyl (C=O) groups excluding carboxylic acids is 2. The summed E-state index contributed by atoms with van der Waals surface area (Å²) in [6.07, 6.45) is 5.67. The summed E-state index contributed by atoms with van der Waals surface area (Å²) in [6.45, 7) is 6.07. The number of esters is 2. The minimum atomic E-state index is -0.995. The first-order valence-electron chi connectivity index (χ1n) is 10.9. The number of hydrogen-bond donors (Lipinski definition) is 0. The normalized spacial score (nSPS) is 26.3. The highest BCUT2D eigenvalue weighted by molar-refractivity contribution is 5.85. The van der Waals surface area contributed by atoms with Gasteiger partial charge in [0.25, 0.3) is 0 Å². The number of hydrogen-bond acceptors (Lipinski definition) is 4. The molecule has 160 valence electrons. The molecule has 0 saturated heterocycles. The molecule has 0 aliphatic heterocycles. The Morgan fingerprint density at radius 1 is 1.17 bits per heavy atom. The highest BCUT2D eigenvalue weighted by Crippen LogP contribution is 2.43. The monoisotopic (exact) mass is 404 g/mol. The second kappa shape index (κ2) is 9.27. The van der Waals surface area contributed by atoms with Crippen molar-refractivity contribution in [3.63, 3.8) is 0 Å². The van der Waals surface area contributed by atoms with E-state index in [1.54, 1.807) is 18.2 Å². The standard InChI is InChI=1S/C24H33FO4/c1-16(2)18-11-10-17(3)14-21(18)29-22(26)15-28-23(27)24(12-6-7-13-24)19-8-4-5-9-20(19)25/h4-5,8-9,16-18,21H,6-7,10-15H2,1-3H3/t17-,18-,21-/m1/s1. The maximum Gasteiger partial charge on any atom is 0.344 e. The van der Waals surface area contributed by atoms with Crippen LogP contribution in [0.1, 0.15) is 71.3 Å². The lowest BCUT2D eigenvalue weighted by molar-refractivity contribution is -0.169. The van der Waals surface area contributed by atoms with E-state index < -0.39 is 29.8 Å². The van der Waals surface area contributed by atoms with Crippen LogP contribution >= 0.6 is 0 Å². The van der Waals surface area contributed by atoms with Gasteiger partial charge in [0.05, 0.1) is 5.41 Å². The maximum atomic E-state index is 14.4. The zero-order valence-electron chi connectivity index (χ0n) is 17.8. The van der Waals surface area contributed by atoms with E-state index in [1.165, 1.54) is 6.07 Å². The Morgan fingerprint density at radius 3 is 2.52 bits per heavy atom. The molecule has 5 heteroatoms. The molecule has 0 aromatic heterocycles. The number of benzene rings is 1. The summed E-state index contributed by atoms with van der Waals surface area (Å²) in [5, 5.41) is 0. The Hall–Kier alpha value is -1.91. The molecular formula is C24H33FO4. The van der Waals surface area contributed by atoms with Gasteiger partial charge < -0.3 is 9.47 Å². The Kier molecular flexibility index (Phi) is 6.97. The molecule has 2 saturated carbocycles. The second-order valence-corrected chi connectivity index (χ2v) is 9.20. The van der Waals surface area contributed by atoms with Crippen molar-refractivity contribution >= 4 is 11.9 Å². The fourth-order valence-corrected chi connectivity index (χ4v) is 5.13. The van der Waals surface area contributed by atoms with Crippen molar-refractivity contribution in [2.24, 2.45) is 17.8 Å². The van der Waals surface area contributed by atoms with E-state index in [0.717, 1.165) is 32.1 Å². The smallest absolute Gasteiger partial charge is 0.344 e. The Balaban J connectivity index is 1.63. The molecule has 3 rings (SSSR count). The van der Waals surface area contributed by atoms with Crippen molar-refractivity contribution < 1.29 is 23.5 Å². The average molecular weight is 405 g/mol. The zero-order chi connectivity index (χ0) is 21.0.